The number of thiazole rings is 1. The van der Waals surface area contributed by atoms with Crippen molar-refractivity contribution in [2.24, 2.45) is 16.8 Å². The van der Waals surface area contributed by atoms with Crippen LogP contribution in [0.4, 0.5) is 13.2 Å². The molecule has 2 rings (SSSR count). The molecule has 1 aromatic rings. The molecule has 0 bridgehead atoms. The van der Waals surface area contributed by atoms with Crippen LogP contribution in [0.3, 0.4) is 0 Å². The van der Waals surface area contributed by atoms with Crippen LogP contribution in [0.5, 0.6) is 0 Å². The first kappa shape index (κ1) is 17.1. The molecule has 2 heterocycles. The number of alkyl halides is 3. The fourth-order valence-electron chi connectivity index (χ4n) is 2.85. The lowest BCUT2D eigenvalue weighted by molar-refractivity contribution is -0.140. The lowest BCUT2D eigenvalue weighted by Crippen LogP contribution is -2.48. The summed E-state index contributed by atoms with van der Waals surface area (Å²) in [4.78, 5) is 10.0. The fourth-order valence-corrected chi connectivity index (χ4v) is 3.59. The molecule has 0 radical (unpaired) electrons. The number of nitrogens with one attached hydrogen (secondary N) is 1. The third-order valence-electron chi connectivity index (χ3n) is 3.62. The summed E-state index contributed by atoms with van der Waals surface area (Å²) in [5.74, 6) is 1.89. The Labute approximate surface area is 132 Å². The van der Waals surface area contributed by atoms with Crippen molar-refractivity contribution in [3.63, 3.8) is 0 Å². The highest BCUT2D eigenvalue weighted by molar-refractivity contribution is 7.09. The molecule has 2 atom stereocenters. The zero-order valence-corrected chi connectivity index (χ0v) is 13.8. The van der Waals surface area contributed by atoms with Gasteiger partial charge in [0.05, 0.1) is 6.54 Å². The molecule has 2 unspecified atom stereocenters. The van der Waals surface area contributed by atoms with Crippen LogP contribution in [0.2, 0.25) is 0 Å². The van der Waals surface area contributed by atoms with Crippen LogP contribution < -0.4 is 5.32 Å². The Balaban J connectivity index is 1.95. The zero-order valence-electron chi connectivity index (χ0n) is 12.9. The Kier molecular flexibility index (Phi) is 5.31. The Hall–Kier alpha value is -1.31. The van der Waals surface area contributed by atoms with Crippen LogP contribution in [0.15, 0.2) is 10.4 Å². The molecule has 1 aromatic heterocycles. The molecular weight excluding hydrogens is 313 g/mol. The molecule has 8 heteroatoms. The number of hydrogen-bond acceptors (Lipinski definition) is 3. The van der Waals surface area contributed by atoms with E-state index < -0.39 is 11.9 Å². The average molecular weight is 334 g/mol. The van der Waals surface area contributed by atoms with Gasteiger partial charge in [0.25, 0.3) is 0 Å². The second-order valence-electron chi connectivity index (χ2n) is 5.88. The zero-order chi connectivity index (χ0) is 16.3. The van der Waals surface area contributed by atoms with Gasteiger partial charge in [0.15, 0.2) is 11.7 Å². The van der Waals surface area contributed by atoms with E-state index in [9.17, 15) is 13.2 Å². The van der Waals surface area contributed by atoms with Crippen molar-refractivity contribution < 1.29 is 13.2 Å². The first-order chi connectivity index (χ1) is 10.3. The molecular formula is C14H21F3N4S. The minimum atomic E-state index is -4.38. The van der Waals surface area contributed by atoms with E-state index in [1.807, 2.05) is 0 Å². The maximum Gasteiger partial charge on any atom is 0.434 e. The molecule has 0 saturated carbocycles. The molecule has 0 amide bonds. The van der Waals surface area contributed by atoms with E-state index in [2.05, 4.69) is 34.0 Å². The summed E-state index contributed by atoms with van der Waals surface area (Å²) < 4.78 is 37.6. The summed E-state index contributed by atoms with van der Waals surface area (Å²) in [6, 6.07) is 0. The largest absolute Gasteiger partial charge is 0.434 e. The van der Waals surface area contributed by atoms with Gasteiger partial charge in [0.2, 0.25) is 0 Å². The van der Waals surface area contributed by atoms with Crippen molar-refractivity contribution in [3.8, 4) is 0 Å². The first-order valence-electron chi connectivity index (χ1n) is 7.26. The summed E-state index contributed by atoms with van der Waals surface area (Å²) >= 11 is 1.01. The van der Waals surface area contributed by atoms with Gasteiger partial charge in [-0.3, -0.25) is 4.99 Å². The van der Waals surface area contributed by atoms with E-state index in [1.165, 1.54) is 6.42 Å². The number of nitrogens with zero attached hydrogens (tertiary/aromatic N) is 3. The molecule has 1 aliphatic heterocycles. The normalized spacial score (nSPS) is 23.7. The molecule has 0 spiro atoms. The number of likely N-dealkylation sites (tertiary alicyclic amines) is 1. The van der Waals surface area contributed by atoms with Gasteiger partial charge < -0.3 is 10.2 Å². The smallest absolute Gasteiger partial charge is 0.350 e. The minimum Gasteiger partial charge on any atom is -0.350 e. The van der Waals surface area contributed by atoms with Gasteiger partial charge in [0.1, 0.15) is 5.01 Å². The maximum absolute atomic E-state index is 12.5. The number of halogens is 3. The third-order valence-corrected chi connectivity index (χ3v) is 4.47. The quantitative estimate of drug-likeness (QED) is 0.667. The van der Waals surface area contributed by atoms with Crippen LogP contribution in [0, 0.1) is 11.8 Å². The Bertz CT molecular complexity index is 516. The molecule has 1 aliphatic rings. The summed E-state index contributed by atoms with van der Waals surface area (Å²) in [5.41, 5.74) is -0.829. The molecule has 4 nitrogen and oxygen atoms in total. The van der Waals surface area contributed by atoms with Crippen molar-refractivity contribution in [2.45, 2.75) is 33.0 Å². The van der Waals surface area contributed by atoms with Crippen molar-refractivity contribution in [2.75, 3.05) is 20.1 Å². The lowest BCUT2D eigenvalue weighted by atomic mass is 9.92. The van der Waals surface area contributed by atoms with E-state index >= 15 is 0 Å². The van der Waals surface area contributed by atoms with Crippen LogP contribution in [0.1, 0.15) is 31.0 Å². The van der Waals surface area contributed by atoms with Crippen molar-refractivity contribution >= 4 is 17.3 Å². The summed E-state index contributed by atoms with van der Waals surface area (Å²) in [7, 11) is 1.69. The van der Waals surface area contributed by atoms with E-state index in [-0.39, 0.29) is 6.54 Å². The highest BCUT2D eigenvalue weighted by atomic mass is 32.1. The number of aliphatic imine (C=N–C) groups is 1. The first-order valence-corrected chi connectivity index (χ1v) is 8.14. The highest BCUT2D eigenvalue weighted by Crippen LogP contribution is 2.30. The van der Waals surface area contributed by atoms with E-state index in [0.29, 0.717) is 16.8 Å². The van der Waals surface area contributed by atoms with Gasteiger partial charge >= 0.3 is 6.18 Å². The van der Waals surface area contributed by atoms with Crippen molar-refractivity contribution in [1.82, 2.24) is 15.2 Å². The number of piperidine rings is 1. The average Bonchev–Trinajstić information content (AvgIpc) is 2.87. The van der Waals surface area contributed by atoms with Crippen LogP contribution in [0.25, 0.3) is 0 Å². The van der Waals surface area contributed by atoms with E-state index in [0.717, 1.165) is 35.8 Å². The van der Waals surface area contributed by atoms with Crippen molar-refractivity contribution in [3.05, 3.63) is 16.1 Å². The van der Waals surface area contributed by atoms with Crippen LogP contribution in [-0.2, 0) is 12.7 Å². The van der Waals surface area contributed by atoms with Gasteiger partial charge in [-0.05, 0) is 18.3 Å². The van der Waals surface area contributed by atoms with Gasteiger partial charge in [-0.15, -0.1) is 11.3 Å². The van der Waals surface area contributed by atoms with Crippen LogP contribution in [-0.4, -0.2) is 36.0 Å². The molecule has 22 heavy (non-hydrogen) atoms. The fraction of sp³-hybridized carbons (Fsp3) is 0.714. The van der Waals surface area contributed by atoms with Crippen molar-refractivity contribution in [1.29, 1.82) is 0 Å². The van der Waals surface area contributed by atoms with Crippen LogP contribution >= 0.6 is 11.3 Å². The predicted octanol–water partition coefficient (Wildman–Crippen LogP) is 3.22. The SMILES string of the molecule is CN=C(NCc1nc(C(F)(F)F)cs1)N1CC(C)CC(C)C1. The molecule has 124 valence electrons. The maximum atomic E-state index is 12.5. The second kappa shape index (κ2) is 6.85. The second-order valence-corrected chi connectivity index (χ2v) is 6.82. The monoisotopic (exact) mass is 334 g/mol. The Morgan fingerprint density at radius 2 is 2.05 bits per heavy atom. The molecule has 0 aromatic carbocycles. The number of rotatable bonds is 2. The highest BCUT2D eigenvalue weighted by Gasteiger charge is 2.33. The molecule has 1 N–H and O–H groups in total. The summed E-state index contributed by atoms with van der Waals surface area (Å²) in [5, 5.41) is 4.57. The standard InChI is InChI=1S/C14H21F3N4S/c1-9-4-10(2)7-21(6-9)13(18-3)19-5-12-20-11(8-22-12)14(15,16)17/h8-10H,4-7H2,1-3H3,(H,18,19). The van der Waals surface area contributed by atoms with E-state index in [4.69, 9.17) is 0 Å². The molecule has 1 saturated heterocycles. The van der Waals surface area contributed by atoms with Gasteiger partial charge in [-0.1, -0.05) is 13.8 Å². The van der Waals surface area contributed by atoms with Gasteiger partial charge in [0, 0.05) is 25.5 Å². The third kappa shape index (κ3) is 4.34. The number of guanidine groups is 1. The van der Waals surface area contributed by atoms with Gasteiger partial charge in [-0.2, -0.15) is 13.2 Å². The minimum absolute atomic E-state index is 0.257. The molecule has 1 fully saturated rings. The van der Waals surface area contributed by atoms with Gasteiger partial charge in [-0.25, -0.2) is 4.98 Å². The lowest BCUT2D eigenvalue weighted by Gasteiger charge is -2.37. The van der Waals surface area contributed by atoms with E-state index in [1.54, 1.807) is 7.05 Å². The Morgan fingerprint density at radius 1 is 1.41 bits per heavy atom. The molecule has 0 aliphatic carbocycles. The topological polar surface area (TPSA) is 40.5 Å². The summed E-state index contributed by atoms with van der Waals surface area (Å²) in [6.45, 7) is 6.48. The number of aromatic nitrogens is 1. The Morgan fingerprint density at radius 3 is 2.55 bits per heavy atom. The predicted molar refractivity (Wildman–Crippen MR) is 81.8 cm³/mol. The summed E-state index contributed by atoms with van der Waals surface area (Å²) in [6.07, 6.45) is -3.19. The number of hydrogen-bond donors (Lipinski definition) is 1.